The molecule has 2 nitrogen and oxygen atoms in total. The van der Waals surface area contributed by atoms with Crippen molar-refractivity contribution in [1.82, 2.24) is 0 Å². The highest BCUT2D eigenvalue weighted by molar-refractivity contribution is 7.80. The average molecular weight is 292 g/mol. The Morgan fingerprint density at radius 1 is 1.21 bits per heavy atom. The first-order chi connectivity index (χ1) is 9.06. The van der Waals surface area contributed by atoms with Gasteiger partial charge in [0.2, 0.25) is 0 Å². The lowest BCUT2D eigenvalue weighted by Gasteiger charge is -2.10. The van der Waals surface area contributed by atoms with Crippen molar-refractivity contribution in [2.45, 2.75) is 13.5 Å². The van der Waals surface area contributed by atoms with Crippen molar-refractivity contribution in [2.24, 2.45) is 5.73 Å². The van der Waals surface area contributed by atoms with Gasteiger partial charge in [0.15, 0.2) is 0 Å². The van der Waals surface area contributed by atoms with Crippen molar-refractivity contribution >= 4 is 28.8 Å². The highest BCUT2D eigenvalue weighted by Gasteiger charge is 2.03. The Hall–Kier alpha value is -1.58. The normalized spacial score (nSPS) is 10.2. The molecule has 0 saturated carbocycles. The minimum absolute atomic E-state index is 0.410. The van der Waals surface area contributed by atoms with Crippen molar-refractivity contribution in [3.05, 3.63) is 64.2 Å². The molecule has 2 aromatic carbocycles. The molecule has 0 amide bonds. The van der Waals surface area contributed by atoms with E-state index in [1.165, 1.54) is 0 Å². The lowest BCUT2D eigenvalue weighted by Crippen LogP contribution is -2.10. The van der Waals surface area contributed by atoms with Crippen LogP contribution >= 0.6 is 23.8 Å². The summed E-state index contributed by atoms with van der Waals surface area (Å²) in [5.74, 6) is 0.794. The van der Waals surface area contributed by atoms with E-state index in [1.807, 2.05) is 37.3 Å². The van der Waals surface area contributed by atoms with Crippen molar-refractivity contribution in [3.63, 3.8) is 0 Å². The van der Waals surface area contributed by atoms with Crippen molar-refractivity contribution in [2.75, 3.05) is 0 Å². The second kappa shape index (κ2) is 6.04. The van der Waals surface area contributed by atoms with Crippen LogP contribution in [-0.4, -0.2) is 4.99 Å². The van der Waals surface area contributed by atoms with Gasteiger partial charge in [-0.2, -0.15) is 0 Å². The third-order valence-corrected chi connectivity index (χ3v) is 3.32. The molecule has 0 bridgehead atoms. The first kappa shape index (κ1) is 13.8. The van der Waals surface area contributed by atoms with Crippen molar-refractivity contribution in [1.29, 1.82) is 0 Å². The molecule has 0 aliphatic rings. The van der Waals surface area contributed by atoms with Crippen LogP contribution in [0.2, 0.25) is 5.02 Å². The van der Waals surface area contributed by atoms with E-state index >= 15 is 0 Å². The number of benzene rings is 2. The Morgan fingerprint density at radius 3 is 2.47 bits per heavy atom. The first-order valence-electron chi connectivity index (χ1n) is 5.84. The summed E-state index contributed by atoms with van der Waals surface area (Å²) in [6.45, 7) is 2.52. The van der Waals surface area contributed by atoms with E-state index in [4.69, 9.17) is 34.3 Å². The number of rotatable bonds is 4. The quantitative estimate of drug-likeness (QED) is 0.869. The van der Waals surface area contributed by atoms with Gasteiger partial charge in [0.1, 0.15) is 17.3 Å². The number of ether oxygens (including phenoxy) is 1. The van der Waals surface area contributed by atoms with Crippen LogP contribution in [0.4, 0.5) is 0 Å². The fourth-order valence-corrected chi connectivity index (χ4v) is 1.96. The molecule has 0 heterocycles. The van der Waals surface area contributed by atoms with Crippen LogP contribution in [-0.2, 0) is 6.61 Å². The highest BCUT2D eigenvalue weighted by Crippen LogP contribution is 2.18. The maximum absolute atomic E-state index is 5.82. The maximum atomic E-state index is 5.82. The molecule has 0 atom stereocenters. The monoisotopic (exact) mass is 291 g/mol. The molecule has 2 rings (SSSR count). The first-order valence-corrected chi connectivity index (χ1v) is 6.62. The smallest absolute Gasteiger partial charge is 0.119 e. The SMILES string of the molecule is Cc1cc(C(N)=S)ccc1COc1ccc(Cl)cc1. The number of aryl methyl sites for hydroxylation is 1. The zero-order valence-corrected chi connectivity index (χ0v) is 12.1. The van der Waals surface area contributed by atoms with Gasteiger partial charge in [-0.15, -0.1) is 0 Å². The molecule has 0 radical (unpaired) electrons. The number of nitrogens with two attached hydrogens (primary N) is 1. The summed E-state index contributed by atoms with van der Waals surface area (Å²) in [7, 11) is 0. The summed E-state index contributed by atoms with van der Waals surface area (Å²) in [5, 5.41) is 0.698. The molecule has 4 heteroatoms. The summed E-state index contributed by atoms with van der Waals surface area (Å²) in [4.78, 5) is 0.410. The van der Waals surface area contributed by atoms with E-state index in [0.717, 1.165) is 22.4 Å². The average Bonchev–Trinajstić information content (AvgIpc) is 2.39. The predicted octanol–water partition coefficient (Wildman–Crippen LogP) is 3.86. The van der Waals surface area contributed by atoms with E-state index in [-0.39, 0.29) is 0 Å². The van der Waals surface area contributed by atoms with E-state index < -0.39 is 0 Å². The predicted molar refractivity (Wildman–Crippen MR) is 82.9 cm³/mol. The van der Waals surface area contributed by atoms with Gasteiger partial charge in [0, 0.05) is 10.6 Å². The topological polar surface area (TPSA) is 35.2 Å². The van der Waals surface area contributed by atoms with Crippen LogP contribution in [0.1, 0.15) is 16.7 Å². The second-order valence-electron chi connectivity index (χ2n) is 4.25. The molecule has 0 aliphatic heterocycles. The summed E-state index contributed by atoms with van der Waals surface area (Å²) in [6.07, 6.45) is 0. The Kier molecular flexibility index (Phi) is 4.40. The standard InChI is InChI=1S/C15H14ClNOS/c1-10-8-11(15(17)19)2-3-12(10)9-18-14-6-4-13(16)5-7-14/h2-8H,9H2,1H3,(H2,17,19). The number of halogens is 1. The maximum Gasteiger partial charge on any atom is 0.119 e. The molecular formula is C15H14ClNOS. The van der Waals surface area contributed by atoms with Crippen LogP contribution in [0.25, 0.3) is 0 Å². The third-order valence-electron chi connectivity index (χ3n) is 2.84. The summed E-state index contributed by atoms with van der Waals surface area (Å²) in [5.41, 5.74) is 8.69. The molecule has 2 N–H and O–H groups in total. The molecule has 0 aromatic heterocycles. The van der Waals surface area contributed by atoms with E-state index in [2.05, 4.69) is 0 Å². The van der Waals surface area contributed by atoms with Crippen molar-refractivity contribution in [3.8, 4) is 5.75 Å². The second-order valence-corrected chi connectivity index (χ2v) is 5.12. The number of thiocarbonyl (C=S) groups is 1. The summed E-state index contributed by atoms with van der Waals surface area (Å²) >= 11 is 10.8. The van der Waals surface area contributed by atoms with Gasteiger partial charge in [0.25, 0.3) is 0 Å². The molecule has 0 unspecified atom stereocenters. The minimum Gasteiger partial charge on any atom is -0.489 e. The molecule has 2 aromatic rings. The molecule has 19 heavy (non-hydrogen) atoms. The fourth-order valence-electron chi connectivity index (χ4n) is 1.70. The largest absolute Gasteiger partial charge is 0.489 e. The molecule has 0 spiro atoms. The zero-order chi connectivity index (χ0) is 13.8. The summed E-state index contributed by atoms with van der Waals surface area (Å²) in [6, 6.07) is 13.2. The molecule has 0 saturated heterocycles. The van der Waals surface area contributed by atoms with Gasteiger partial charge in [-0.05, 0) is 48.4 Å². The number of hydrogen-bond acceptors (Lipinski definition) is 2. The van der Waals surface area contributed by atoms with Crippen LogP contribution in [0, 0.1) is 6.92 Å². The van der Waals surface area contributed by atoms with Gasteiger partial charge in [-0.25, -0.2) is 0 Å². The minimum atomic E-state index is 0.410. The van der Waals surface area contributed by atoms with Crippen LogP contribution in [0.3, 0.4) is 0 Å². The Bertz CT molecular complexity index is 596. The van der Waals surface area contributed by atoms with Crippen LogP contribution < -0.4 is 10.5 Å². The Morgan fingerprint density at radius 2 is 1.89 bits per heavy atom. The molecular weight excluding hydrogens is 278 g/mol. The lowest BCUT2D eigenvalue weighted by molar-refractivity contribution is 0.305. The highest BCUT2D eigenvalue weighted by atomic mass is 35.5. The summed E-state index contributed by atoms with van der Waals surface area (Å²) < 4.78 is 5.71. The van der Waals surface area contributed by atoms with Gasteiger partial charge in [-0.3, -0.25) is 0 Å². The van der Waals surface area contributed by atoms with Crippen LogP contribution in [0.15, 0.2) is 42.5 Å². The van der Waals surface area contributed by atoms with Gasteiger partial charge in [0.05, 0.1) is 0 Å². The third kappa shape index (κ3) is 3.69. The van der Waals surface area contributed by atoms with E-state index in [1.54, 1.807) is 12.1 Å². The number of hydrogen-bond donors (Lipinski definition) is 1. The van der Waals surface area contributed by atoms with Gasteiger partial charge >= 0.3 is 0 Å². The van der Waals surface area contributed by atoms with E-state index in [9.17, 15) is 0 Å². The Balaban J connectivity index is 2.07. The Labute approximate surface area is 123 Å². The van der Waals surface area contributed by atoms with Crippen LogP contribution in [0.5, 0.6) is 5.75 Å². The molecule has 0 aliphatic carbocycles. The fraction of sp³-hybridized carbons (Fsp3) is 0.133. The molecule has 98 valence electrons. The zero-order valence-electron chi connectivity index (χ0n) is 10.5. The molecule has 0 fully saturated rings. The lowest BCUT2D eigenvalue weighted by atomic mass is 10.1. The van der Waals surface area contributed by atoms with Gasteiger partial charge < -0.3 is 10.5 Å². The van der Waals surface area contributed by atoms with Gasteiger partial charge in [-0.1, -0.05) is 36.0 Å². The van der Waals surface area contributed by atoms with Crippen molar-refractivity contribution < 1.29 is 4.74 Å². The van der Waals surface area contributed by atoms with E-state index in [0.29, 0.717) is 16.6 Å².